The highest BCUT2D eigenvalue weighted by Gasteiger charge is 2.17. The van der Waals surface area contributed by atoms with Gasteiger partial charge in [-0.2, -0.15) is 0 Å². The van der Waals surface area contributed by atoms with E-state index < -0.39 is 0 Å². The maximum Gasteiger partial charge on any atom is 0.224 e. The molecule has 0 fully saturated rings. The second-order valence-corrected chi connectivity index (χ2v) is 7.17. The monoisotopic (exact) mass is 336 g/mol. The van der Waals surface area contributed by atoms with Crippen LogP contribution in [0.4, 0.5) is 11.4 Å². The molecule has 0 bridgehead atoms. The van der Waals surface area contributed by atoms with Crippen molar-refractivity contribution in [3.8, 4) is 0 Å². The van der Waals surface area contributed by atoms with E-state index in [0.29, 0.717) is 12.3 Å². The minimum atomic E-state index is 0.0675. The Hall–Kier alpha value is -2.29. The first-order chi connectivity index (χ1) is 12.1. The van der Waals surface area contributed by atoms with E-state index in [4.69, 9.17) is 0 Å². The lowest BCUT2D eigenvalue weighted by Gasteiger charge is -2.32. The summed E-state index contributed by atoms with van der Waals surface area (Å²) in [7, 11) is 0. The van der Waals surface area contributed by atoms with Crippen LogP contribution in [0.15, 0.2) is 42.5 Å². The van der Waals surface area contributed by atoms with E-state index in [9.17, 15) is 4.79 Å². The molecule has 2 aromatic carbocycles. The lowest BCUT2D eigenvalue weighted by atomic mass is 9.99. The third kappa shape index (κ3) is 4.22. The van der Waals surface area contributed by atoms with Gasteiger partial charge < -0.3 is 10.2 Å². The Labute approximate surface area is 151 Å². The van der Waals surface area contributed by atoms with Crippen molar-refractivity contribution in [1.82, 2.24) is 0 Å². The predicted molar refractivity (Wildman–Crippen MR) is 105 cm³/mol. The highest BCUT2D eigenvalue weighted by molar-refractivity contribution is 5.90. The van der Waals surface area contributed by atoms with Crippen LogP contribution >= 0.6 is 0 Å². The Morgan fingerprint density at radius 3 is 2.60 bits per heavy atom. The summed E-state index contributed by atoms with van der Waals surface area (Å²) in [6.07, 6.45) is 2.74. The summed E-state index contributed by atoms with van der Waals surface area (Å²) in [5.74, 6) is 0.638. The van der Waals surface area contributed by atoms with Crippen LogP contribution in [0.25, 0.3) is 0 Å². The fourth-order valence-electron chi connectivity index (χ4n) is 3.39. The fourth-order valence-corrected chi connectivity index (χ4v) is 3.39. The minimum absolute atomic E-state index is 0.0675. The van der Waals surface area contributed by atoms with E-state index in [2.05, 4.69) is 60.5 Å². The van der Waals surface area contributed by atoms with Gasteiger partial charge >= 0.3 is 0 Å². The highest BCUT2D eigenvalue weighted by Crippen LogP contribution is 2.31. The van der Waals surface area contributed by atoms with Crippen molar-refractivity contribution in [2.45, 2.75) is 52.5 Å². The molecule has 0 spiro atoms. The van der Waals surface area contributed by atoms with Crippen molar-refractivity contribution in [2.24, 2.45) is 0 Å². The molecule has 0 radical (unpaired) electrons. The number of carbonyl (C=O) groups excluding carboxylic acids is 1. The van der Waals surface area contributed by atoms with Crippen molar-refractivity contribution >= 4 is 17.3 Å². The van der Waals surface area contributed by atoms with E-state index in [1.54, 1.807) is 0 Å². The molecule has 0 atom stereocenters. The number of benzene rings is 2. The quantitative estimate of drug-likeness (QED) is 0.823. The number of anilines is 2. The molecule has 1 heterocycles. The summed E-state index contributed by atoms with van der Waals surface area (Å²) in [6, 6.07) is 15.3. The molecule has 2 aromatic rings. The summed E-state index contributed by atoms with van der Waals surface area (Å²) in [6.45, 7) is 8.35. The fraction of sp³-hybridized carbons (Fsp3) is 0.409. The van der Waals surface area contributed by atoms with Crippen LogP contribution in [0.1, 0.15) is 56.2 Å². The first-order valence-electron chi connectivity index (χ1n) is 9.33. The summed E-state index contributed by atoms with van der Waals surface area (Å²) in [5, 5.41) is 2.97. The molecule has 0 aliphatic carbocycles. The van der Waals surface area contributed by atoms with Gasteiger partial charge in [-0.1, -0.05) is 45.0 Å². The topological polar surface area (TPSA) is 32.3 Å². The average Bonchev–Trinajstić information content (AvgIpc) is 2.62. The van der Waals surface area contributed by atoms with Crippen molar-refractivity contribution in [1.29, 1.82) is 0 Å². The molecule has 3 rings (SSSR count). The number of nitrogens with one attached hydrogen (secondary N) is 1. The first kappa shape index (κ1) is 17.5. The number of fused-ring (bicyclic) bond motifs is 1. The zero-order valence-corrected chi connectivity index (χ0v) is 15.5. The van der Waals surface area contributed by atoms with Crippen molar-refractivity contribution < 1.29 is 4.79 Å². The number of carbonyl (C=O) groups is 1. The van der Waals surface area contributed by atoms with E-state index in [-0.39, 0.29) is 5.91 Å². The Morgan fingerprint density at radius 2 is 1.92 bits per heavy atom. The maximum absolute atomic E-state index is 11.6. The number of aryl methyl sites for hydroxylation is 1. The van der Waals surface area contributed by atoms with E-state index in [1.165, 1.54) is 22.4 Å². The predicted octanol–water partition coefficient (Wildman–Crippen LogP) is 5.11. The Kier molecular flexibility index (Phi) is 5.42. The third-order valence-electron chi connectivity index (χ3n) is 4.92. The molecule has 1 N–H and O–H groups in total. The molecular formula is C22H28N2O. The minimum Gasteiger partial charge on any atom is -0.367 e. The lowest BCUT2D eigenvalue weighted by Crippen LogP contribution is -2.28. The molecule has 3 heteroatoms. The molecule has 132 valence electrons. The van der Waals surface area contributed by atoms with Crippen LogP contribution in [0.5, 0.6) is 0 Å². The maximum atomic E-state index is 11.6. The van der Waals surface area contributed by atoms with Crippen LogP contribution in [0.2, 0.25) is 0 Å². The molecule has 0 saturated heterocycles. The second-order valence-electron chi connectivity index (χ2n) is 7.17. The van der Waals surface area contributed by atoms with Gasteiger partial charge in [0.05, 0.1) is 0 Å². The van der Waals surface area contributed by atoms with Crippen LogP contribution in [-0.2, 0) is 17.8 Å². The van der Waals surface area contributed by atoms with Crippen LogP contribution in [0, 0.1) is 0 Å². The van der Waals surface area contributed by atoms with Gasteiger partial charge in [0.1, 0.15) is 0 Å². The Balaban J connectivity index is 1.76. The van der Waals surface area contributed by atoms with Crippen LogP contribution < -0.4 is 10.2 Å². The zero-order valence-electron chi connectivity index (χ0n) is 15.5. The molecule has 0 unspecified atom stereocenters. The normalized spacial score (nSPS) is 13.7. The number of hydrogen-bond acceptors (Lipinski definition) is 2. The number of amides is 1. The summed E-state index contributed by atoms with van der Waals surface area (Å²) >= 11 is 0. The van der Waals surface area contributed by atoms with Crippen molar-refractivity contribution in [3.63, 3.8) is 0 Å². The zero-order chi connectivity index (χ0) is 17.8. The van der Waals surface area contributed by atoms with Crippen LogP contribution in [-0.4, -0.2) is 12.5 Å². The number of hydrogen-bond donors (Lipinski definition) is 1. The number of nitrogens with zero attached hydrogens (tertiary/aromatic N) is 1. The van der Waals surface area contributed by atoms with Gasteiger partial charge in [-0.05, 0) is 53.6 Å². The highest BCUT2D eigenvalue weighted by atomic mass is 16.1. The van der Waals surface area contributed by atoms with Gasteiger partial charge in [0.2, 0.25) is 5.91 Å². The van der Waals surface area contributed by atoms with Gasteiger partial charge in [0, 0.05) is 30.9 Å². The molecule has 25 heavy (non-hydrogen) atoms. The van der Waals surface area contributed by atoms with E-state index >= 15 is 0 Å². The molecule has 1 aliphatic heterocycles. The molecule has 1 amide bonds. The standard InChI is InChI=1S/C22H28N2O/c1-4-22(25)23-20-11-12-21-19(14-20)6-5-13-24(21)15-17-7-9-18(10-8-17)16(2)3/h7-12,14,16H,4-6,13,15H2,1-3H3,(H,23,25). The Morgan fingerprint density at radius 1 is 1.16 bits per heavy atom. The Bertz CT molecular complexity index is 734. The SMILES string of the molecule is CCC(=O)Nc1ccc2c(c1)CCCN2Cc1ccc(C(C)C)cc1. The van der Waals surface area contributed by atoms with Crippen molar-refractivity contribution in [3.05, 3.63) is 59.2 Å². The molecule has 0 aromatic heterocycles. The van der Waals surface area contributed by atoms with E-state index in [0.717, 1.165) is 31.6 Å². The van der Waals surface area contributed by atoms with Gasteiger partial charge in [-0.3, -0.25) is 4.79 Å². The van der Waals surface area contributed by atoms with Gasteiger partial charge in [0.15, 0.2) is 0 Å². The molecule has 3 nitrogen and oxygen atoms in total. The van der Waals surface area contributed by atoms with Gasteiger partial charge in [0.25, 0.3) is 0 Å². The van der Waals surface area contributed by atoms with Gasteiger partial charge in [-0.25, -0.2) is 0 Å². The summed E-state index contributed by atoms with van der Waals surface area (Å²) < 4.78 is 0. The largest absolute Gasteiger partial charge is 0.367 e. The van der Waals surface area contributed by atoms with Crippen molar-refractivity contribution in [2.75, 3.05) is 16.8 Å². The molecule has 0 saturated carbocycles. The van der Waals surface area contributed by atoms with Crippen LogP contribution in [0.3, 0.4) is 0 Å². The number of rotatable bonds is 5. The third-order valence-corrected chi connectivity index (χ3v) is 4.92. The smallest absolute Gasteiger partial charge is 0.224 e. The lowest BCUT2D eigenvalue weighted by molar-refractivity contribution is -0.115. The molecule has 1 aliphatic rings. The molecular weight excluding hydrogens is 308 g/mol. The van der Waals surface area contributed by atoms with E-state index in [1.807, 2.05) is 13.0 Å². The second kappa shape index (κ2) is 7.73. The summed E-state index contributed by atoms with van der Waals surface area (Å²) in [5.41, 5.74) is 6.28. The average molecular weight is 336 g/mol. The summed E-state index contributed by atoms with van der Waals surface area (Å²) in [4.78, 5) is 14.1. The van der Waals surface area contributed by atoms with Gasteiger partial charge in [-0.15, -0.1) is 0 Å². The first-order valence-corrected chi connectivity index (χ1v) is 9.33.